The van der Waals surface area contributed by atoms with Crippen LogP contribution >= 0.6 is 0 Å². The van der Waals surface area contributed by atoms with Crippen molar-refractivity contribution in [2.75, 3.05) is 32.8 Å². The third-order valence-corrected chi connectivity index (χ3v) is 4.46. The van der Waals surface area contributed by atoms with Gasteiger partial charge >= 0.3 is 0 Å². The molecule has 3 rings (SSSR count). The number of hydrogen-bond donors (Lipinski definition) is 1. The van der Waals surface area contributed by atoms with Gasteiger partial charge in [0.15, 0.2) is 11.5 Å². The lowest BCUT2D eigenvalue weighted by atomic mass is 10.1. The fourth-order valence-electron chi connectivity index (χ4n) is 3.14. The number of para-hydroxylation sites is 1. The second kappa shape index (κ2) is 7.99. The number of benzene rings is 2. The molecule has 0 spiro atoms. The highest BCUT2D eigenvalue weighted by atomic mass is 16.5. The smallest absolute Gasteiger partial charge is 0.251 e. The van der Waals surface area contributed by atoms with Gasteiger partial charge in [-0.25, -0.2) is 0 Å². The van der Waals surface area contributed by atoms with E-state index >= 15 is 0 Å². The van der Waals surface area contributed by atoms with Gasteiger partial charge in [0.2, 0.25) is 11.7 Å². The number of carbonyl (C=O) groups is 2. The Balaban J connectivity index is 1.75. The number of methoxy groups -OCH3 is 3. The van der Waals surface area contributed by atoms with E-state index in [2.05, 4.69) is 5.32 Å². The summed E-state index contributed by atoms with van der Waals surface area (Å²) in [5.74, 6) is 0.895. The van der Waals surface area contributed by atoms with Crippen molar-refractivity contribution in [1.82, 2.24) is 5.32 Å². The molecule has 2 aromatic rings. The molecule has 2 aromatic carbocycles. The van der Waals surface area contributed by atoms with E-state index < -0.39 is 0 Å². The van der Waals surface area contributed by atoms with E-state index in [4.69, 9.17) is 14.2 Å². The number of hydrogen-bond acceptors (Lipinski definition) is 5. The zero-order valence-corrected chi connectivity index (χ0v) is 15.5. The minimum absolute atomic E-state index is 0.0172. The predicted octanol–water partition coefficient (Wildman–Crippen LogP) is 2.25. The van der Waals surface area contributed by atoms with E-state index in [1.165, 1.54) is 21.3 Å². The molecular weight excluding hydrogens is 348 g/mol. The summed E-state index contributed by atoms with van der Waals surface area (Å²) in [6.07, 6.45) is 0.255. The third kappa shape index (κ3) is 3.81. The fraction of sp³-hybridized carbons (Fsp3) is 0.300. The van der Waals surface area contributed by atoms with Gasteiger partial charge in [0.05, 0.1) is 27.4 Å². The van der Waals surface area contributed by atoms with E-state index in [1.807, 2.05) is 30.3 Å². The summed E-state index contributed by atoms with van der Waals surface area (Å²) in [6.45, 7) is 0.430. The Morgan fingerprint density at radius 1 is 1.04 bits per heavy atom. The summed E-state index contributed by atoms with van der Waals surface area (Å²) in [5, 5.41) is 2.91. The molecule has 0 aromatic heterocycles. The average molecular weight is 370 g/mol. The number of nitrogens with zero attached hydrogens (tertiary/aromatic N) is 1. The first-order valence-electron chi connectivity index (χ1n) is 8.53. The fourth-order valence-corrected chi connectivity index (χ4v) is 3.14. The molecule has 0 radical (unpaired) electrons. The number of anilines is 1. The van der Waals surface area contributed by atoms with E-state index in [-0.39, 0.29) is 24.3 Å². The molecule has 2 amide bonds. The van der Waals surface area contributed by atoms with E-state index in [9.17, 15) is 9.59 Å². The topological polar surface area (TPSA) is 77.1 Å². The van der Waals surface area contributed by atoms with Crippen molar-refractivity contribution >= 4 is 17.5 Å². The van der Waals surface area contributed by atoms with Crippen LogP contribution in [0.15, 0.2) is 42.5 Å². The first-order chi connectivity index (χ1) is 13.1. The lowest BCUT2D eigenvalue weighted by Crippen LogP contribution is -2.37. The van der Waals surface area contributed by atoms with Crippen molar-refractivity contribution in [3.05, 3.63) is 48.0 Å². The van der Waals surface area contributed by atoms with Crippen LogP contribution in [-0.2, 0) is 4.79 Å². The Labute approximate surface area is 157 Å². The quantitative estimate of drug-likeness (QED) is 0.844. The summed E-state index contributed by atoms with van der Waals surface area (Å²) in [6, 6.07) is 12.3. The lowest BCUT2D eigenvalue weighted by Gasteiger charge is -2.18. The van der Waals surface area contributed by atoms with Crippen molar-refractivity contribution < 1.29 is 23.8 Å². The first-order valence-corrected chi connectivity index (χ1v) is 8.53. The van der Waals surface area contributed by atoms with Crippen LogP contribution in [0.3, 0.4) is 0 Å². The van der Waals surface area contributed by atoms with E-state index in [1.54, 1.807) is 17.0 Å². The molecule has 1 aliphatic heterocycles. The lowest BCUT2D eigenvalue weighted by molar-refractivity contribution is -0.117. The highest BCUT2D eigenvalue weighted by Crippen LogP contribution is 2.38. The summed E-state index contributed by atoms with van der Waals surface area (Å²) < 4.78 is 15.8. The van der Waals surface area contributed by atoms with Crippen molar-refractivity contribution in [2.45, 2.75) is 12.5 Å². The standard InChI is InChI=1S/C20H22N2O5/c1-25-16-9-13(10-17(26-2)19(16)27-3)20(24)21-14-11-18(23)22(12-14)15-7-5-4-6-8-15/h4-10,14H,11-12H2,1-3H3,(H,21,24). The Kier molecular flexibility index (Phi) is 5.49. The SMILES string of the molecule is COc1cc(C(=O)NC2CC(=O)N(c3ccccc3)C2)cc(OC)c1OC. The normalized spacial score (nSPS) is 16.2. The number of amides is 2. The van der Waals surface area contributed by atoms with Crippen LogP contribution in [0.2, 0.25) is 0 Å². The molecule has 142 valence electrons. The summed E-state index contributed by atoms with van der Waals surface area (Å²) >= 11 is 0. The Hall–Kier alpha value is -3.22. The maximum absolute atomic E-state index is 12.7. The molecule has 1 fully saturated rings. The average Bonchev–Trinajstić information content (AvgIpc) is 3.07. The monoisotopic (exact) mass is 370 g/mol. The Morgan fingerprint density at radius 2 is 1.67 bits per heavy atom. The van der Waals surface area contributed by atoms with Gasteiger partial charge < -0.3 is 24.4 Å². The van der Waals surface area contributed by atoms with Gasteiger partial charge in [0.25, 0.3) is 5.91 Å². The number of carbonyl (C=O) groups excluding carboxylic acids is 2. The van der Waals surface area contributed by atoms with Gasteiger partial charge in [-0.15, -0.1) is 0 Å². The van der Waals surface area contributed by atoms with Crippen LogP contribution in [-0.4, -0.2) is 45.7 Å². The summed E-state index contributed by atoms with van der Waals surface area (Å²) in [5.41, 5.74) is 1.20. The molecular formula is C20H22N2O5. The van der Waals surface area contributed by atoms with Crippen molar-refractivity contribution in [1.29, 1.82) is 0 Å². The molecule has 0 bridgehead atoms. The number of ether oxygens (including phenoxy) is 3. The van der Waals surface area contributed by atoms with E-state index in [0.717, 1.165) is 5.69 Å². The molecule has 1 N–H and O–H groups in total. The van der Waals surface area contributed by atoms with Crippen LogP contribution in [0.4, 0.5) is 5.69 Å². The molecule has 1 heterocycles. The van der Waals surface area contributed by atoms with Gasteiger partial charge in [-0.3, -0.25) is 9.59 Å². The maximum Gasteiger partial charge on any atom is 0.251 e. The van der Waals surface area contributed by atoms with E-state index in [0.29, 0.717) is 29.4 Å². The predicted molar refractivity (Wildman–Crippen MR) is 101 cm³/mol. The van der Waals surface area contributed by atoms with Crippen LogP contribution in [0.25, 0.3) is 0 Å². The molecule has 1 atom stereocenters. The number of rotatable bonds is 6. The second-order valence-electron chi connectivity index (χ2n) is 6.13. The molecule has 7 nitrogen and oxygen atoms in total. The zero-order valence-electron chi connectivity index (χ0n) is 15.5. The largest absolute Gasteiger partial charge is 0.493 e. The molecule has 1 aliphatic rings. The zero-order chi connectivity index (χ0) is 19.4. The van der Waals surface area contributed by atoms with Gasteiger partial charge in [0.1, 0.15) is 0 Å². The Morgan fingerprint density at radius 3 is 2.22 bits per heavy atom. The summed E-state index contributed by atoms with van der Waals surface area (Å²) in [4.78, 5) is 26.7. The molecule has 27 heavy (non-hydrogen) atoms. The van der Waals surface area contributed by atoms with Gasteiger partial charge in [0, 0.05) is 24.2 Å². The third-order valence-electron chi connectivity index (χ3n) is 4.46. The second-order valence-corrected chi connectivity index (χ2v) is 6.13. The minimum Gasteiger partial charge on any atom is -0.493 e. The van der Waals surface area contributed by atoms with Crippen molar-refractivity contribution in [2.24, 2.45) is 0 Å². The van der Waals surface area contributed by atoms with Gasteiger partial charge in [-0.2, -0.15) is 0 Å². The first kappa shape index (κ1) is 18.6. The molecule has 7 heteroatoms. The van der Waals surface area contributed by atoms with Crippen LogP contribution < -0.4 is 24.4 Å². The Bertz CT molecular complexity index is 813. The highest BCUT2D eigenvalue weighted by Gasteiger charge is 2.32. The van der Waals surface area contributed by atoms with Crippen LogP contribution in [0, 0.1) is 0 Å². The molecule has 1 unspecified atom stereocenters. The van der Waals surface area contributed by atoms with Crippen LogP contribution in [0.5, 0.6) is 17.2 Å². The minimum atomic E-state index is -0.304. The van der Waals surface area contributed by atoms with Crippen molar-refractivity contribution in [3.63, 3.8) is 0 Å². The molecule has 0 aliphatic carbocycles. The maximum atomic E-state index is 12.7. The van der Waals surface area contributed by atoms with Crippen LogP contribution in [0.1, 0.15) is 16.8 Å². The summed E-state index contributed by atoms with van der Waals surface area (Å²) in [7, 11) is 4.49. The highest BCUT2D eigenvalue weighted by molar-refractivity contribution is 5.99. The molecule has 1 saturated heterocycles. The van der Waals surface area contributed by atoms with Gasteiger partial charge in [-0.1, -0.05) is 18.2 Å². The number of nitrogens with one attached hydrogen (secondary N) is 1. The van der Waals surface area contributed by atoms with Gasteiger partial charge in [-0.05, 0) is 24.3 Å². The van der Waals surface area contributed by atoms with Crippen molar-refractivity contribution in [3.8, 4) is 17.2 Å². The molecule has 0 saturated carbocycles.